The molecule has 1 saturated heterocycles. The molecule has 1 unspecified atom stereocenters. The van der Waals surface area contributed by atoms with E-state index in [0.717, 1.165) is 48.5 Å². The first kappa shape index (κ1) is 19.4. The van der Waals surface area contributed by atoms with Gasteiger partial charge in [-0.15, -0.1) is 0 Å². The average Bonchev–Trinajstić information content (AvgIpc) is 3.23. The summed E-state index contributed by atoms with van der Waals surface area (Å²) in [5.41, 5.74) is 4.19. The molecule has 150 valence electrons. The zero-order valence-electron chi connectivity index (χ0n) is 16.6. The van der Waals surface area contributed by atoms with Crippen LogP contribution >= 0.6 is 0 Å². The summed E-state index contributed by atoms with van der Waals surface area (Å²) in [4.78, 5) is 11.2. The lowest BCUT2D eigenvalue weighted by Crippen LogP contribution is -2.31. The largest absolute Gasteiger partial charge is 0.497 e. The second kappa shape index (κ2) is 9.03. The van der Waals surface area contributed by atoms with Gasteiger partial charge in [0.25, 0.3) is 0 Å². The first-order chi connectivity index (χ1) is 14.2. The highest BCUT2D eigenvalue weighted by molar-refractivity contribution is 5.63. The molecule has 1 aliphatic heterocycles. The number of hydrogen-bond donors (Lipinski definition) is 2. The van der Waals surface area contributed by atoms with Crippen molar-refractivity contribution in [2.75, 3.05) is 25.6 Å². The standard InChI is InChI=1S/C23H26N4O2/c1-29-22-10-6-18(7-11-22)19-13-24-23(25-14-19)26-20-8-4-17(5-9-20)15-27-12-2-3-21(27)16-28/h4-11,13-14,21,28H,2-3,12,15-16H2,1H3,(H,24,25,26). The molecule has 2 heterocycles. The van der Waals surface area contributed by atoms with Crippen molar-refractivity contribution in [2.45, 2.75) is 25.4 Å². The van der Waals surface area contributed by atoms with Crippen molar-refractivity contribution in [1.82, 2.24) is 14.9 Å². The van der Waals surface area contributed by atoms with Crippen LogP contribution in [0.1, 0.15) is 18.4 Å². The van der Waals surface area contributed by atoms with Gasteiger partial charge in [-0.25, -0.2) is 9.97 Å². The molecule has 2 aromatic carbocycles. The highest BCUT2D eigenvalue weighted by Gasteiger charge is 2.23. The van der Waals surface area contributed by atoms with Crippen molar-refractivity contribution in [2.24, 2.45) is 0 Å². The predicted molar refractivity (Wildman–Crippen MR) is 114 cm³/mol. The number of aliphatic hydroxyl groups excluding tert-OH is 1. The molecule has 1 aliphatic rings. The van der Waals surface area contributed by atoms with E-state index in [0.29, 0.717) is 12.0 Å². The van der Waals surface area contributed by atoms with E-state index in [1.165, 1.54) is 5.56 Å². The molecule has 0 spiro atoms. The average molecular weight is 390 g/mol. The normalized spacial score (nSPS) is 16.7. The number of aromatic nitrogens is 2. The second-order valence-electron chi connectivity index (χ2n) is 7.29. The van der Waals surface area contributed by atoms with Gasteiger partial charge in [-0.1, -0.05) is 24.3 Å². The van der Waals surface area contributed by atoms with Gasteiger partial charge in [0, 0.05) is 36.2 Å². The molecule has 29 heavy (non-hydrogen) atoms. The highest BCUT2D eigenvalue weighted by Crippen LogP contribution is 2.23. The molecule has 3 aromatic rings. The van der Waals surface area contributed by atoms with Crippen LogP contribution < -0.4 is 10.1 Å². The first-order valence-corrected chi connectivity index (χ1v) is 9.92. The Morgan fingerprint density at radius 2 is 1.76 bits per heavy atom. The maximum atomic E-state index is 9.47. The fraction of sp³-hybridized carbons (Fsp3) is 0.304. The molecular formula is C23H26N4O2. The molecule has 6 nitrogen and oxygen atoms in total. The van der Waals surface area contributed by atoms with E-state index in [1.807, 2.05) is 48.8 Å². The Morgan fingerprint density at radius 1 is 1.03 bits per heavy atom. The van der Waals surface area contributed by atoms with Crippen molar-refractivity contribution < 1.29 is 9.84 Å². The van der Waals surface area contributed by atoms with E-state index < -0.39 is 0 Å². The fourth-order valence-corrected chi connectivity index (χ4v) is 3.69. The summed E-state index contributed by atoms with van der Waals surface area (Å²) < 4.78 is 5.19. The van der Waals surface area contributed by atoms with Crippen molar-refractivity contribution in [3.63, 3.8) is 0 Å². The first-order valence-electron chi connectivity index (χ1n) is 9.92. The minimum Gasteiger partial charge on any atom is -0.497 e. The van der Waals surface area contributed by atoms with E-state index in [2.05, 4.69) is 32.3 Å². The van der Waals surface area contributed by atoms with Gasteiger partial charge in [0.15, 0.2) is 0 Å². The van der Waals surface area contributed by atoms with E-state index in [9.17, 15) is 5.11 Å². The highest BCUT2D eigenvalue weighted by atomic mass is 16.5. The van der Waals surface area contributed by atoms with Gasteiger partial charge in [-0.05, 0) is 54.8 Å². The van der Waals surface area contributed by atoms with E-state index in [1.54, 1.807) is 7.11 Å². The lowest BCUT2D eigenvalue weighted by Gasteiger charge is -2.22. The molecular weight excluding hydrogens is 364 g/mol. The molecule has 4 rings (SSSR count). The van der Waals surface area contributed by atoms with Crippen LogP contribution in [0.15, 0.2) is 60.9 Å². The summed E-state index contributed by atoms with van der Waals surface area (Å²) in [6, 6.07) is 16.4. The maximum Gasteiger partial charge on any atom is 0.227 e. The molecule has 6 heteroatoms. The van der Waals surface area contributed by atoms with Crippen molar-refractivity contribution in [3.8, 4) is 16.9 Å². The van der Waals surface area contributed by atoms with Crippen LogP contribution in [0.4, 0.5) is 11.6 Å². The van der Waals surface area contributed by atoms with Crippen LogP contribution in [-0.2, 0) is 6.54 Å². The number of methoxy groups -OCH3 is 1. The lowest BCUT2D eigenvalue weighted by atomic mass is 10.1. The molecule has 0 radical (unpaired) electrons. The summed E-state index contributed by atoms with van der Waals surface area (Å²) in [5, 5.41) is 12.7. The summed E-state index contributed by atoms with van der Waals surface area (Å²) in [7, 11) is 1.66. The maximum absolute atomic E-state index is 9.47. The summed E-state index contributed by atoms with van der Waals surface area (Å²) >= 11 is 0. The van der Waals surface area contributed by atoms with Gasteiger partial charge < -0.3 is 15.2 Å². The number of aliphatic hydroxyl groups is 1. The Hall–Kier alpha value is -2.96. The number of hydrogen-bond acceptors (Lipinski definition) is 6. The quantitative estimate of drug-likeness (QED) is 0.639. The molecule has 0 aliphatic carbocycles. The van der Waals surface area contributed by atoms with Gasteiger partial charge in [0.2, 0.25) is 5.95 Å². The van der Waals surface area contributed by atoms with Crippen LogP contribution in [0.2, 0.25) is 0 Å². The third-order valence-electron chi connectivity index (χ3n) is 5.38. The van der Waals surface area contributed by atoms with Gasteiger partial charge in [0.05, 0.1) is 13.7 Å². The van der Waals surface area contributed by atoms with Crippen LogP contribution in [0.25, 0.3) is 11.1 Å². The van der Waals surface area contributed by atoms with Gasteiger partial charge in [0.1, 0.15) is 5.75 Å². The fourth-order valence-electron chi connectivity index (χ4n) is 3.69. The summed E-state index contributed by atoms with van der Waals surface area (Å²) in [6.45, 7) is 2.17. The van der Waals surface area contributed by atoms with Crippen LogP contribution in [0, 0.1) is 0 Å². The van der Waals surface area contributed by atoms with E-state index in [-0.39, 0.29) is 6.61 Å². The molecule has 0 amide bonds. The Bertz CT molecular complexity index is 911. The SMILES string of the molecule is COc1ccc(-c2cnc(Nc3ccc(CN4CCCC4CO)cc3)nc2)cc1. The molecule has 1 aromatic heterocycles. The zero-order chi connectivity index (χ0) is 20.1. The number of ether oxygens (including phenoxy) is 1. The monoisotopic (exact) mass is 390 g/mol. The van der Waals surface area contributed by atoms with Crippen LogP contribution in [-0.4, -0.2) is 46.3 Å². The minimum absolute atomic E-state index is 0.240. The number of benzene rings is 2. The van der Waals surface area contributed by atoms with Crippen LogP contribution in [0.3, 0.4) is 0 Å². The summed E-state index contributed by atoms with van der Waals surface area (Å²) in [5.74, 6) is 1.39. The third-order valence-corrected chi connectivity index (χ3v) is 5.38. The zero-order valence-corrected chi connectivity index (χ0v) is 16.6. The topological polar surface area (TPSA) is 70.5 Å². The van der Waals surface area contributed by atoms with E-state index in [4.69, 9.17) is 4.74 Å². The third kappa shape index (κ3) is 4.72. The second-order valence-corrected chi connectivity index (χ2v) is 7.29. The van der Waals surface area contributed by atoms with Gasteiger partial charge in [-0.3, -0.25) is 4.90 Å². The number of rotatable bonds is 7. The van der Waals surface area contributed by atoms with Crippen molar-refractivity contribution in [3.05, 3.63) is 66.5 Å². The van der Waals surface area contributed by atoms with Gasteiger partial charge in [-0.2, -0.15) is 0 Å². The minimum atomic E-state index is 0.240. The Morgan fingerprint density at radius 3 is 2.41 bits per heavy atom. The molecule has 2 N–H and O–H groups in total. The Balaban J connectivity index is 1.37. The van der Waals surface area contributed by atoms with E-state index >= 15 is 0 Å². The Kier molecular flexibility index (Phi) is 6.03. The lowest BCUT2D eigenvalue weighted by molar-refractivity contribution is 0.153. The Labute approximate surface area is 171 Å². The number of nitrogens with one attached hydrogen (secondary N) is 1. The molecule has 0 bridgehead atoms. The van der Waals surface area contributed by atoms with Crippen molar-refractivity contribution in [1.29, 1.82) is 0 Å². The smallest absolute Gasteiger partial charge is 0.227 e. The summed E-state index contributed by atoms with van der Waals surface area (Å²) in [6.07, 6.45) is 5.87. The molecule has 1 fully saturated rings. The number of likely N-dealkylation sites (tertiary alicyclic amines) is 1. The molecule has 0 saturated carbocycles. The van der Waals surface area contributed by atoms with Crippen molar-refractivity contribution >= 4 is 11.6 Å². The molecule has 1 atom stereocenters. The van der Waals surface area contributed by atoms with Gasteiger partial charge >= 0.3 is 0 Å². The number of nitrogens with zero attached hydrogens (tertiary/aromatic N) is 3. The predicted octanol–water partition coefficient (Wildman–Crippen LogP) is 3.85. The number of anilines is 2. The van der Waals surface area contributed by atoms with Crippen LogP contribution in [0.5, 0.6) is 5.75 Å².